The molecular weight excluding hydrogens is 140 g/mol. The largest absolute Gasteiger partial charge is 0.225 e. The predicted molar refractivity (Wildman–Crippen MR) is 42.7 cm³/mol. The summed E-state index contributed by atoms with van der Waals surface area (Å²) in [6.07, 6.45) is 1.62. The Labute approximate surface area is 64.5 Å². The standard InChI is InChI=1S/C7H7N4/c1-2-4-7(5-3-1)11-6-8-9-10-11/h1-6,9H. The summed E-state index contributed by atoms with van der Waals surface area (Å²) in [7, 11) is 0. The van der Waals surface area contributed by atoms with Gasteiger partial charge in [-0.2, -0.15) is 5.10 Å². The molecule has 0 unspecified atom stereocenters. The summed E-state index contributed by atoms with van der Waals surface area (Å²) in [6, 6.07) is 9.79. The van der Waals surface area contributed by atoms with E-state index in [0.29, 0.717) is 0 Å². The van der Waals surface area contributed by atoms with Crippen molar-refractivity contribution in [2.45, 2.75) is 0 Å². The van der Waals surface area contributed by atoms with Crippen LogP contribution in [0.1, 0.15) is 0 Å². The maximum atomic E-state index is 3.87. The van der Waals surface area contributed by atoms with Gasteiger partial charge in [-0.25, -0.2) is 10.5 Å². The minimum Gasteiger partial charge on any atom is -0.225 e. The number of rotatable bonds is 1. The zero-order chi connectivity index (χ0) is 7.52. The Hall–Kier alpha value is -1.55. The van der Waals surface area contributed by atoms with E-state index in [2.05, 4.69) is 16.2 Å². The number of hydrogen-bond donors (Lipinski definition) is 1. The van der Waals surface area contributed by atoms with E-state index < -0.39 is 0 Å². The molecule has 0 saturated heterocycles. The Kier molecular flexibility index (Phi) is 1.46. The number of para-hydroxylation sites is 1. The highest BCUT2D eigenvalue weighted by Gasteiger charge is 2.06. The van der Waals surface area contributed by atoms with Crippen molar-refractivity contribution >= 4 is 12.0 Å². The Morgan fingerprint density at radius 1 is 1.18 bits per heavy atom. The van der Waals surface area contributed by atoms with Crippen molar-refractivity contribution in [2.24, 2.45) is 5.10 Å². The van der Waals surface area contributed by atoms with Crippen molar-refractivity contribution in [3.05, 3.63) is 30.3 Å². The SMILES string of the molecule is C1=NN[N]N1c1ccccc1. The molecule has 1 aromatic rings. The Morgan fingerprint density at radius 2 is 2.00 bits per heavy atom. The fourth-order valence-corrected chi connectivity index (χ4v) is 0.885. The summed E-state index contributed by atoms with van der Waals surface area (Å²) >= 11 is 0. The molecule has 1 N–H and O–H groups in total. The molecule has 1 heterocycles. The van der Waals surface area contributed by atoms with Crippen LogP contribution >= 0.6 is 0 Å². The molecule has 1 radical (unpaired) electrons. The van der Waals surface area contributed by atoms with Gasteiger partial charge in [0.25, 0.3) is 0 Å². The molecule has 0 aromatic heterocycles. The zero-order valence-electron chi connectivity index (χ0n) is 5.81. The minimum absolute atomic E-state index is 1.00. The van der Waals surface area contributed by atoms with Gasteiger partial charge in [0.05, 0.1) is 5.69 Å². The van der Waals surface area contributed by atoms with Crippen LogP contribution in [0.25, 0.3) is 0 Å². The van der Waals surface area contributed by atoms with Crippen LogP contribution in [0.3, 0.4) is 0 Å². The van der Waals surface area contributed by atoms with Crippen molar-refractivity contribution in [3.63, 3.8) is 0 Å². The van der Waals surface area contributed by atoms with Crippen LogP contribution in [0.5, 0.6) is 0 Å². The van der Waals surface area contributed by atoms with E-state index in [1.54, 1.807) is 11.3 Å². The van der Waals surface area contributed by atoms with Crippen LogP contribution in [0, 0.1) is 0 Å². The molecule has 0 bridgehead atoms. The molecule has 1 aliphatic rings. The quantitative estimate of drug-likeness (QED) is 0.627. The van der Waals surface area contributed by atoms with E-state index in [-0.39, 0.29) is 0 Å². The highest BCUT2D eigenvalue weighted by molar-refractivity contribution is 5.78. The summed E-state index contributed by atoms with van der Waals surface area (Å²) < 4.78 is 0. The average Bonchev–Trinajstić information content (AvgIpc) is 2.58. The number of benzene rings is 1. The van der Waals surface area contributed by atoms with Crippen molar-refractivity contribution < 1.29 is 0 Å². The molecule has 0 atom stereocenters. The second-order valence-corrected chi connectivity index (χ2v) is 2.12. The van der Waals surface area contributed by atoms with Crippen molar-refractivity contribution in [3.8, 4) is 0 Å². The molecule has 4 heteroatoms. The van der Waals surface area contributed by atoms with Crippen LogP contribution < -0.4 is 16.1 Å². The van der Waals surface area contributed by atoms with Crippen molar-refractivity contribution in [1.82, 2.24) is 11.1 Å². The predicted octanol–water partition coefficient (Wildman–Crippen LogP) is 0.474. The summed E-state index contributed by atoms with van der Waals surface area (Å²) in [6.45, 7) is 0. The number of hydrogen-bond acceptors (Lipinski definition) is 3. The second-order valence-electron chi connectivity index (χ2n) is 2.12. The summed E-state index contributed by atoms with van der Waals surface area (Å²) in [4.78, 5) is 0. The third-order valence-electron chi connectivity index (χ3n) is 1.40. The fraction of sp³-hybridized carbons (Fsp3) is 0. The molecule has 11 heavy (non-hydrogen) atoms. The van der Waals surface area contributed by atoms with Gasteiger partial charge in [-0.1, -0.05) is 18.2 Å². The van der Waals surface area contributed by atoms with Gasteiger partial charge in [0.15, 0.2) is 0 Å². The van der Waals surface area contributed by atoms with E-state index in [4.69, 9.17) is 0 Å². The van der Waals surface area contributed by atoms with E-state index in [0.717, 1.165) is 5.69 Å². The summed E-state index contributed by atoms with van der Waals surface area (Å²) in [5, 5.41) is 5.39. The molecule has 0 saturated carbocycles. The maximum absolute atomic E-state index is 3.87. The first-order chi connectivity index (χ1) is 5.47. The first kappa shape index (κ1) is 6.18. The van der Waals surface area contributed by atoms with E-state index in [9.17, 15) is 0 Å². The first-order valence-corrected chi connectivity index (χ1v) is 3.30. The molecule has 1 aliphatic heterocycles. The molecular formula is C7H7N4. The minimum atomic E-state index is 1.00. The molecule has 4 nitrogen and oxygen atoms in total. The Morgan fingerprint density at radius 3 is 2.64 bits per heavy atom. The molecule has 0 aliphatic carbocycles. The number of nitrogens with zero attached hydrogens (tertiary/aromatic N) is 3. The lowest BCUT2D eigenvalue weighted by molar-refractivity contribution is 0.608. The van der Waals surface area contributed by atoms with Crippen LogP contribution in [-0.4, -0.2) is 6.34 Å². The molecule has 0 spiro atoms. The van der Waals surface area contributed by atoms with Crippen molar-refractivity contribution in [2.75, 3.05) is 5.01 Å². The highest BCUT2D eigenvalue weighted by atomic mass is 15.8. The average molecular weight is 147 g/mol. The number of nitrogens with one attached hydrogen (secondary N) is 1. The highest BCUT2D eigenvalue weighted by Crippen LogP contribution is 2.09. The maximum Gasteiger partial charge on any atom is 0.135 e. The lowest BCUT2D eigenvalue weighted by Crippen LogP contribution is -2.29. The molecule has 2 rings (SSSR count). The topological polar surface area (TPSA) is 41.7 Å². The van der Waals surface area contributed by atoms with Gasteiger partial charge >= 0.3 is 0 Å². The summed E-state index contributed by atoms with van der Waals surface area (Å²) in [5.74, 6) is 0. The van der Waals surface area contributed by atoms with E-state index >= 15 is 0 Å². The first-order valence-electron chi connectivity index (χ1n) is 3.30. The van der Waals surface area contributed by atoms with Gasteiger partial charge in [-0.15, -0.1) is 0 Å². The summed E-state index contributed by atoms with van der Waals surface area (Å²) in [5.41, 5.74) is 7.36. The molecule has 0 fully saturated rings. The van der Waals surface area contributed by atoms with Crippen LogP contribution in [0.4, 0.5) is 5.69 Å². The third-order valence-corrected chi connectivity index (χ3v) is 1.40. The number of hydrazone groups is 1. The Bertz CT molecular complexity index is 256. The Balaban J connectivity index is 2.23. The third kappa shape index (κ3) is 1.15. The van der Waals surface area contributed by atoms with Crippen LogP contribution in [-0.2, 0) is 0 Å². The van der Waals surface area contributed by atoms with Gasteiger partial charge in [0.2, 0.25) is 0 Å². The van der Waals surface area contributed by atoms with Gasteiger partial charge in [-0.3, -0.25) is 0 Å². The molecule has 0 amide bonds. The molecule has 1 aromatic carbocycles. The van der Waals surface area contributed by atoms with Gasteiger partial charge in [0, 0.05) is 5.53 Å². The number of anilines is 1. The molecule has 55 valence electrons. The monoisotopic (exact) mass is 147 g/mol. The second kappa shape index (κ2) is 2.59. The van der Waals surface area contributed by atoms with Crippen LogP contribution in [0.2, 0.25) is 0 Å². The van der Waals surface area contributed by atoms with E-state index in [1.165, 1.54) is 0 Å². The smallest absolute Gasteiger partial charge is 0.135 e. The normalized spacial score (nSPS) is 15.1. The van der Waals surface area contributed by atoms with Crippen LogP contribution in [0.15, 0.2) is 35.4 Å². The fourth-order valence-electron chi connectivity index (χ4n) is 0.885. The lowest BCUT2D eigenvalue weighted by Gasteiger charge is -2.09. The van der Waals surface area contributed by atoms with Gasteiger partial charge in [-0.05, 0) is 12.1 Å². The van der Waals surface area contributed by atoms with Crippen molar-refractivity contribution in [1.29, 1.82) is 0 Å². The lowest BCUT2D eigenvalue weighted by atomic mass is 10.3. The van der Waals surface area contributed by atoms with Gasteiger partial charge in [0.1, 0.15) is 6.34 Å². The zero-order valence-corrected chi connectivity index (χ0v) is 5.81. The van der Waals surface area contributed by atoms with E-state index in [1.807, 2.05) is 30.3 Å². The van der Waals surface area contributed by atoms with Gasteiger partial charge < -0.3 is 0 Å².